The van der Waals surface area contributed by atoms with Crippen LogP contribution in [0.25, 0.3) is 0 Å². The Kier molecular flexibility index (Phi) is 5.74. The molecule has 0 aliphatic heterocycles. The summed E-state index contributed by atoms with van der Waals surface area (Å²) in [6, 6.07) is 23.7. The van der Waals surface area contributed by atoms with Crippen LogP contribution in [0.4, 0.5) is 0 Å². The maximum absolute atomic E-state index is 12.9. The fraction of sp³-hybridized carbons (Fsp3) is 0.182. The summed E-state index contributed by atoms with van der Waals surface area (Å²) in [6.07, 6.45) is 1.74. The van der Waals surface area contributed by atoms with Crippen LogP contribution in [0.3, 0.4) is 0 Å². The maximum atomic E-state index is 12.9. The van der Waals surface area contributed by atoms with E-state index in [2.05, 4.69) is 22.4 Å². The third-order valence-electron chi connectivity index (χ3n) is 4.10. The summed E-state index contributed by atoms with van der Waals surface area (Å²) < 4.78 is 0. The molecule has 1 amide bonds. The predicted octanol–water partition coefficient (Wildman–Crippen LogP) is 5.04. The highest BCUT2D eigenvalue weighted by Gasteiger charge is 2.25. The number of carbonyl (C=O) groups is 1. The Morgan fingerprint density at radius 3 is 2.38 bits per heavy atom. The molecule has 0 aliphatic rings. The second-order valence-electron chi connectivity index (χ2n) is 6.56. The molecule has 0 bridgehead atoms. The smallest absolute Gasteiger partial charge is 0.253 e. The van der Waals surface area contributed by atoms with Gasteiger partial charge in [-0.3, -0.25) is 9.78 Å². The van der Waals surface area contributed by atoms with Gasteiger partial charge < -0.3 is 5.32 Å². The molecule has 26 heavy (non-hydrogen) atoms. The first-order valence-electron chi connectivity index (χ1n) is 8.56. The first-order chi connectivity index (χ1) is 12.6. The minimum absolute atomic E-state index is 0.0863. The summed E-state index contributed by atoms with van der Waals surface area (Å²) in [6.45, 7) is 3.93. The van der Waals surface area contributed by atoms with Crippen LogP contribution in [-0.4, -0.2) is 10.9 Å². The molecule has 0 saturated carbocycles. The normalized spacial score (nSPS) is 11.2. The van der Waals surface area contributed by atoms with Gasteiger partial charge in [0.2, 0.25) is 0 Å². The molecule has 0 aliphatic carbocycles. The second-order valence-corrected chi connectivity index (χ2v) is 7.58. The number of nitrogens with one attached hydrogen (secondary N) is 1. The Hall–Kier alpha value is -2.59. The Labute approximate surface area is 158 Å². The minimum atomic E-state index is -0.546. The number of hydrogen-bond acceptors (Lipinski definition) is 3. The molecule has 1 N–H and O–H groups in total. The zero-order chi connectivity index (χ0) is 18.4. The number of nitrogens with zero attached hydrogens (tertiary/aromatic N) is 1. The third-order valence-corrected chi connectivity index (χ3v) is 5.24. The summed E-state index contributed by atoms with van der Waals surface area (Å²) in [5, 5.41) is 3.11. The lowest BCUT2D eigenvalue weighted by Gasteiger charge is -2.26. The van der Waals surface area contributed by atoms with Crippen LogP contribution in [-0.2, 0) is 11.3 Å². The average molecular weight is 362 g/mol. The van der Waals surface area contributed by atoms with Gasteiger partial charge in [0.15, 0.2) is 0 Å². The van der Waals surface area contributed by atoms with Crippen molar-refractivity contribution in [3.63, 3.8) is 0 Å². The first kappa shape index (κ1) is 18.2. The van der Waals surface area contributed by atoms with Gasteiger partial charge in [-0.2, -0.15) is 0 Å². The molecule has 0 radical (unpaired) electrons. The number of pyridine rings is 1. The molecule has 0 spiro atoms. The largest absolute Gasteiger partial charge is 0.341 e. The topological polar surface area (TPSA) is 42.0 Å². The zero-order valence-corrected chi connectivity index (χ0v) is 15.8. The number of carbonyl (C=O) groups excluding carboxylic acids is 1. The van der Waals surface area contributed by atoms with Crippen LogP contribution in [0.5, 0.6) is 0 Å². The molecular formula is C22H22N2OS. The van der Waals surface area contributed by atoms with Crippen molar-refractivity contribution in [1.82, 2.24) is 10.3 Å². The number of benzene rings is 2. The second kappa shape index (κ2) is 8.19. The van der Waals surface area contributed by atoms with E-state index in [4.69, 9.17) is 0 Å². The summed E-state index contributed by atoms with van der Waals surface area (Å²) in [7, 11) is 0. The van der Waals surface area contributed by atoms with Crippen molar-refractivity contribution in [3.05, 3.63) is 95.8 Å². The molecule has 1 aromatic heterocycles. The van der Waals surface area contributed by atoms with Crippen molar-refractivity contribution in [2.75, 3.05) is 0 Å². The van der Waals surface area contributed by atoms with E-state index >= 15 is 0 Å². The average Bonchev–Trinajstić information content (AvgIpc) is 2.68. The van der Waals surface area contributed by atoms with E-state index in [-0.39, 0.29) is 5.91 Å². The standard InChI is InChI=1S/C22H22N2OS/c1-22(2,20-14-8-9-15-23-20)24-21(25)18-12-6-7-13-19(18)26-16-17-10-4-3-5-11-17/h3-15H,16H2,1-2H3,(H,24,25). The number of rotatable bonds is 6. The molecule has 0 fully saturated rings. The van der Waals surface area contributed by atoms with Crippen molar-refractivity contribution in [1.29, 1.82) is 0 Å². The molecule has 0 unspecified atom stereocenters. The molecule has 4 heteroatoms. The maximum Gasteiger partial charge on any atom is 0.253 e. The van der Waals surface area contributed by atoms with Crippen LogP contribution in [0.1, 0.15) is 35.5 Å². The van der Waals surface area contributed by atoms with Gasteiger partial charge in [-0.1, -0.05) is 48.5 Å². The molecule has 132 valence electrons. The minimum Gasteiger partial charge on any atom is -0.341 e. The highest BCUT2D eigenvalue weighted by Crippen LogP contribution is 2.27. The number of amides is 1. The first-order valence-corrected chi connectivity index (χ1v) is 9.54. The number of thioether (sulfide) groups is 1. The van der Waals surface area contributed by atoms with Gasteiger partial charge >= 0.3 is 0 Å². The Balaban J connectivity index is 1.75. The molecule has 3 aromatic rings. The van der Waals surface area contributed by atoms with Crippen molar-refractivity contribution in [2.45, 2.75) is 30.0 Å². The van der Waals surface area contributed by atoms with Crippen molar-refractivity contribution in [3.8, 4) is 0 Å². The van der Waals surface area contributed by atoms with Gasteiger partial charge in [-0.15, -0.1) is 11.8 Å². The van der Waals surface area contributed by atoms with Crippen LogP contribution >= 0.6 is 11.8 Å². The summed E-state index contributed by atoms with van der Waals surface area (Å²) in [5.74, 6) is 0.742. The number of hydrogen-bond donors (Lipinski definition) is 1. The van der Waals surface area contributed by atoms with Gasteiger partial charge in [-0.25, -0.2) is 0 Å². The molecule has 0 saturated heterocycles. The van der Waals surface area contributed by atoms with Gasteiger partial charge in [0.05, 0.1) is 16.8 Å². The van der Waals surface area contributed by atoms with E-state index in [0.717, 1.165) is 16.3 Å². The Bertz CT molecular complexity index is 864. The van der Waals surface area contributed by atoms with Crippen molar-refractivity contribution >= 4 is 17.7 Å². The van der Waals surface area contributed by atoms with E-state index in [9.17, 15) is 4.79 Å². The fourth-order valence-electron chi connectivity index (χ4n) is 2.66. The third kappa shape index (κ3) is 4.52. The van der Waals surface area contributed by atoms with Gasteiger partial charge in [0, 0.05) is 16.8 Å². The van der Waals surface area contributed by atoms with E-state index in [1.54, 1.807) is 18.0 Å². The van der Waals surface area contributed by atoms with Crippen molar-refractivity contribution < 1.29 is 4.79 Å². The molecule has 3 nitrogen and oxygen atoms in total. The van der Waals surface area contributed by atoms with Crippen LogP contribution < -0.4 is 5.32 Å². The van der Waals surface area contributed by atoms with Crippen LogP contribution in [0.2, 0.25) is 0 Å². The Morgan fingerprint density at radius 2 is 1.65 bits per heavy atom. The van der Waals surface area contributed by atoms with E-state index in [1.165, 1.54) is 5.56 Å². The molecule has 3 rings (SSSR count). The van der Waals surface area contributed by atoms with Gasteiger partial charge in [0.25, 0.3) is 5.91 Å². The number of aromatic nitrogens is 1. The molecule has 2 aromatic carbocycles. The Morgan fingerprint density at radius 1 is 0.962 bits per heavy atom. The quantitative estimate of drug-likeness (QED) is 0.625. The molecular weight excluding hydrogens is 340 g/mol. The lowest BCUT2D eigenvalue weighted by Crippen LogP contribution is -2.41. The van der Waals surface area contributed by atoms with E-state index < -0.39 is 5.54 Å². The summed E-state index contributed by atoms with van der Waals surface area (Å²) >= 11 is 1.67. The van der Waals surface area contributed by atoms with Gasteiger partial charge in [-0.05, 0) is 43.7 Å². The van der Waals surface area contributed by atoms with Gasteiger partial charge in [0.1, 0.15) is 0 Å². The zero-order valence-electron chi connectivity index (χ0n) is 15.0. The molecule has 0 atom stereocenters. The monoisotopic (exact) mass is 362 g/mol. The van der Waals surface area contributed by atoms with Crippen LogP contribution in [0.15, 0.2) is 83.9 Å². The highest BCUT2D eigenvalue weighted by atomic mass is 32.2. The fourth-order valence-corrected chi connectivity index (χ4v) is 3.67. The van der Waals surface area contributed by atoms with Crippen molar-refractivity contribution in [2.24, 2.45) is 0 Å². The lowest BCUT2D eigenvalue weighted by molar-refractivity contribution is 0.0907. The summed E-state index contributed by atoms with van der Waals surface area (Å²) in [4.78, 5) is 18.3. The predicted molar refractivity (Wildman–Crippen MR) is 107 cm³/mol. The molecule has 1 heterocycles. The van der Waals surface area contributed by atoms with Crippen LogP contribution in [0, 0.1) is 0 Å². The highest BCUT2D eigenvalue weighted by molar-refractivity contribution is 7.98. The SMILES string of the molecule is CC(C)(NC(=O)c1ccccc1SCc1ccccc1)c1ccccn1. The van der Waals surface area contributed by atoms with E-state index in [0.29, 0.717) is 5.56 Å². The summed E-state index contributed by atoms with van der Waals surface area (Å²) in [5.41, 5.74) is 2.22. The lowest BCUT2D eigenvalue weighted by atomic mass is 9.99. The van der Waals surface area contributed by atoms with E-state index in [1.807, 2.05) is 74.5 Å².